The third kappa shape index (κ3) is 6.08. The van der Waals surface area contributed by atoms with Crippen molar-refractivity contribution in [3.05, 3.63) is 100 Å². The quantitative estimate of drug-likeness (QED) is 0.359. The summed E-state index contributed by atoms with van der Waals surface area (Å²) in [6, 6.07) is 13.1. The second-order valence-corrected chi connectivity index (χ2v) is 7.89. The summed E-state index contributed by atoms with van der Waals surface area (Å²) in [6.45, 7) is 4.40. The first-order valence-electron chi connectivity index (χ1n) is 9.59. The smallest absolute Gasteiger partial charge is 0.345 e. The Morgan fingerprint density at radius 2 is 1.91 bits per heavy atom. The second kappa shape index (κ2) is 10.1. The molecular formula is C23H20Cl2F3N3O. The number of benzene rings is 2. The van der Waals surface area contributed by atoms with Crippen molar-refractivity contribution in [2.45, 2.75) is 19.3 Å². The van der Waals surface area contributed by atoms with Crippen molar-refractivity contribution in [2.75, 3.05) is 11.9 Å². The van der Waals surface area contributed by atoms with Crippen LogP contribution in [0, 0.1) is 0 Å². The van der Waals surface area contributed by atoms with E-state index in [1.165, 1.54) is 17.0 Å². The van der Waals surface area contributed by atoms with E-state index in [9.17, 15) is 18.0 Å². The van der Waals surface area contributed by atoms with E-state index in [0.717, 1.165) is 17.8 Å². The summed E-state index contributed by atoms with van der Waals surface area (Å²) < 4.78 is 40.9. The topological polar surface area (TPSA) is 37.3 Å². The molecule has 2 aromatic carbocycles. The van der Waals surface area contributed by atoms with E-state index in [2.05, 4.69) is 11.9 Å². The molecule has 0 bridgehead atoms. The van der Waals surface area contributed by atoms with Gasteiger partial charge in [-0.3, -0.25) is 0 Å². The van der Waals surface area contributed by atoms with Gasteiger partial charge in [-0.25, -0.2) is 4.79 Å². The number of urea groups is 1. The lowest BCUT2D eigenvalue weighted by molar-refractivity contribution is -0.137. The van der Waals surface area contributed by atoms with Crippen molar-refractivity contribution < 1.29 is 18.0 Å². The van der Waals surface area contributed by atoms with Crippen molar-refractivity contribution >= 4 is 34.9 Å². The number of aromatic nitrogens is 1. The fourth-order valence-corrected chi connectivity index (χ4v) is 3.60. The van der Waals surface area contributed by atoms with Crippen LogP contribution in [0.2, 0.25) is 10.0 Å². The number of hydrogen-bond donors (Lipinski definition) is 1. The molecule has 0 spiro atoms. The minimum atomic E-state index is -4.41. The Labute approximate surface area is 193 Å². The van der Waals surface area contributed by atoms with Crippen LogP contribution in [-0.4, -0.2) is 22.0 Å². The Morgan fingerprint density at radius 1 is 1.12 bits per heavy atom. The number of nitrogens with zero attached hydrogens (tertiary/aromatic N) is 2. The number of rotatable bonds is 7. The highest BCUT2D eigenvalue weighted by atomic mass is 35.5. The van der Waals surface area contributed by atoms with Gasteiger partial charge in [-0.15, -0.1) is 6.58 Å². The first kappa shape index (κ1) is 23.8. The van der Waals surface area contributed by atoms with Gasteiger partial charge in [0.1, 0.15) is 0 Å². The van der Waals surface area contributed by atoms with E-state index in [1.54, 1.807) is 41.1 Å². The van der Waals surface area contributed by atoms with Gasteiger partial charge < -0.3 is 14.8 Å². The van der Waals surface area contributed by atoms with E-state index in [4.69, 9.17) is 23.2 Å². The number of alkyl halides is 3. The molecule has 3 aromatic rings. The zero-order valence-electron chi connectivity index (χ0n) is 16.9. The van der Waals surface area contributed by atoms with E-state index in [1.807, 2.05) is 6.07 Å². The summed E-state index contributed by atoms with van der Waals surface area (Å²) in [4.78, 5) is 14.3. The average molecular weight is 482 g/mol. The molecule has 4 nitrogen and oxygen atoms in total. The molecule has 3 rings (SSSR count). The minimum absolute atomic E-state index is 0.217. The molecule has 1 heterocycles. The van der Waals surface area contributed by atoms with Crippen molar-refractivity contribution in [1.82, 2.24) is 9.47 Å². The van der Waals surface area contributed by atoms with E-state index in [0.29, 0.717) is 21.3 Å². The lowest BCUT2D eigenvalue weighted by Gasteiger charge is -2.23. The highest BCUT2D eigenvalue weighted by Gasteiger charge is 2.30. The summed E-state index contributed by atoms with van der Waals surface area (Å²) in [5.74, 6) is 0. The zero-order chi connectivity index (χ0) is 23.3. The number of anilines is 1. The molecule has 0 aliphatic rings. The van der Waals surface area contributed by atoms with Crippen LogP contribution >= 0.6 is 23.2 Å². The maximum absolute atomic E-state index is 13.0. The molecule has 2 amide bonds. The standard InChI is InChI=1S/C23H20Cl2F3N3O/c1-2-10-31(22(32)29-21-9-8-18(24)13-20(21)25)15-19-7-4-11-30(19)14-16-5-3-6-17(12-16)23(26,27)28/h2-9,11-13H,1,10,14-15H2,(H,29,32). The molecule has 0 saturated carbocycles. The Hall–Kier alpha value is -2.90. The Bertz CT molecular complexity index is 1110. The Kier molecular flexibility index (Phi) is 7.53. The predicted molar refractivity (Wildman–Crippen MR) is 121 cm³/mol. The zero-order valence-corrected chi connectivity index (χ0v) is 18.4. The molecule has 168 valence electrons. The van der Waals surface area contributed by atoms with Crippen LogP contribution in [0.3, 0.4) is 0 Å². The summed E-state index contributed by atoms with van der Waals surface area (Å²) in [6.07, 6.45) is -1.06. The lowest BCUT2D eigenvalue weighted by atomic mass is 10.1. The molecule has 0 fully saturated rings. The highest BCUT2D eigenvalue weighted by molar-refractivity contribution is 6.36. The predicted octanol–water partition coefficient (Wildman–Crippen LogP) is 7.08. The van der Waals surface area contributed by atoms with Gasteiger partial charge in [0.2, 0.25) is 0 Å². The van der Waals surface area contributed by atoms with Crippen LogP contribution in [0.25, 0.3) is 0 Å². The van der Waals surface area contributed by atoms with Crippen LogP contribution in [0.5, 0.6) is 0 Å². The number of carbonyl (C=O) groups excluding carboxylic acids is 1. The van der Waals surface area contributed by atoms with Gasteiger partial charge in [0, 0.05) is 30.0 Å². The number of carbonyl (C=O) groups is 1. The van der Waals surface area contributed by atoms with Crippen molar-refractivity contribution in [2.24, 2.45) is 0 Å². The summed E-state index contributed by atoms with van der Waals surface area (Å²) in [5.41, 5.74) is 0.970. The van der Waals surface area contributed by atoms with Crippen LogP contribution in [0.1, 0.15) is 16.8 Å². The molecule has 0 aliphatic heterocycles. The van der Waals surface area contributed by atoms with Gasteiger partial charge in [-0.05, 0) is 48.0 Å². The van der Waals surface area contributed by atoms with Crippen molar-refractivity contribution in [3.63, 3.8) is 0 Å². The first-order chi connectivity index (χ1) is 15.2. The molecule has 0 radical (unpaired) electrons. The molecule has 1 N–H and O–H groups in total. The Morgan fingerprint density at radius 3 is 2.59 bits per heavy atom. The van der Waals surface area contributed by atoms with Crippen LogP contribution in [-0.2, 0) is 19.3 Å². The van der Waals surface area contributed by atoms with Gasteiger partial charge in [-0.1, -0.05) is 41.4 Å². The largest absolute Gasteiger partial charge is 0.416 e. The molecule has 0 atom stereocenters. The fraction of sp³-hybridized carbons (Fsp3) is 0.174. The maximum atomic E-state index is 13.0. The van der Waals surface area contributed by atoms with Gasteiger partial charge in [0.25, 0.3) is 0 Å². The normalized spacial score (nSPS) is 11.3. The molecule has 0 saturated heterocycles. The third-order valence-corrected chi connectivity index (χ3v) is 5.24. The number of nitrogens with one attached hydrogen (secondary N) is 1. The van der Waals surface area contributed by atoms with Gasteiger partial charge in [-0.2, -0.15) is 13.2 Å². The summed E-state index contributed by atoms with van der Waals surface area (Å²) >= 11 is 12.0. The maximum Gasteiger partial charge on any atom is 0.416 e. The molecule has 9 heteroatoms. The Balaban J connectivity index is 1.76. The lowest BCUT2D eigenvalue weighted by Crippen LogP contribution is -2.35. The van der Waals surface area contributed by atoms with Gasteiger partial charge >= 0.3 is 12.2 Å². The van der Waals surface area contributed by atoms with Gasteiger partial charge in [0.15, 0.2) is 0 Å². The fourth-order valence-electron chi connectivity index (χ4n) is 3.15. The number of hydrogen-bond acceptors (Lipinski definition) is 1. The summed E-state index contributed by atoms with van der Waals surface area (Å²) in [5, 5.41) is 3.49. The second-order valence-electron chi connectivity index (χ2n) is 7.05. The van der Waals surface area contributed by atoms with E-state index < -0.39 is 17.8 Å². The monoisotopic (exact) mass is 481 g/mol. The number of amides is 2. The average Bonchev–Trinajstić information content (AvgIpc) is 3.16. The van der Waals surface area contributed by atoms with Crippen molar-refractivity contribution in [3.8, 4) is 0 Å². The van der Waals surface area contributed by atoms with Crippen LogP contribution in [0.4, 0.5) is 23.7 Å². The minimum Gasteiger partial charge on any atom is -0.345 e. The molecule has 1 aromatic heterocycles. The van der Waals surface area contributed by atoms with E-state index >= 15 is 0 Å². The van der Waals surface area contributed by atoms with Crippen LogP contribution in [0.15, 0.2) is 73.4 Å². The molecule has 0 unspecified atom stereocenters. The SMILES string of the molecule is C=CCN(Cc1cccn1Cc1cccc(C(F)(F)F)c1)C(=O)Nc1ccc(Cl)cc1Cl. The van der Waals surface area contributed by atoms with Crippen LogP contribution < -0.4 is 5.32 Å². The van der Waals surface area contributed by atoms with E-state index in [-0.39, 0.29) is 19.6 Å². The van der Waals surface area contributed by atoms with Gasteiger partial charge in [0.05, 0.1) is 22.8 Å². The molecule has 32 heavy (non-hydrogen) atoms. The molecule has 0 aliphatic carbocycles. The summed E-state index contributed by atoms with van der Waals surface area (Å²) in [7, 11) is 0. The number of halogens is 5. The molecular weight excluding hydrogens is 462 g/mol. The first-order valence-corrected chi connectivity index (χ1v) is 10.3. The highest BCUT2D eigenvalue weighted by Crippen LogP contribution is 2.30. The van der Waals surface area contributed by atoms with Crippen molar-refractivity contribution in [1.29, 1.82) is 0 Å². The third-order valence-electron chi connectivity index (χ3n) is 4.69.